The number of aromatic hydroxyl groups is 1. The topological polar surface area (TPSA) is 61.8 Å². The maximum absolute atomic E-state index is 9.83. The van der Waals surface area contributed by atoms with Crippen molar-refractivity contribution in [1.82, 2.24) is 15.2 Å². The summed E-state index contributed by atoms with van der Waals surface area (Å²) in [5.41, 5.74) is 4.42. The molecule has 0 aliphatic rings. The van der Waals surface area contributed by atoms with Crippen molar-refractivity contribution in [2.24, 2.45) is 0 Å². The molecule has 0 bridgehead atoms. The van der Waals surface area contributed by atoms with Gasteiger partial charge in [0.15, 0.2) is 5.65 Å². The highest BCUT2D eigenvalue weighted by atomic mass is 16.3. The zero-order valence-electron chi connectivity index (χ0n) is 10.2. The lowest BCUT2D eigenvalue weighted by Gasteiger charge is -2.02. The quantitative estimate of drug-likeness (QED) is 0.686. The van der Waals surface area contributed by atoms with Gasteiger partial charge in [0.25, 0.3) is 0 Å². The second-order valence-electron chi connectivity index (χ2n) is 4.38. The van der Waals surface area contributed by atoms with Crippen molar-refractivity contribution >= 4 is 11.0 Å². The molecule has 0 atom stereocenters. The maximum atomic E-state index is 9.83. The molecule has 90 valence electrons. The van der Waals surface area contributed by atoms with E-state index in [-0.39, 0.29) is 5.75 Å². The molecule has 0 amide bonds. The molecule has 0 aliphatic carbocycles. The van der Waals surface area contributed by atoms with Crippen LogP contribution in [-0.4, -0.2) is 20.3 Å². The number of rotatable bonds is 1. The molecule has 2 heterocycles. The first-order valence-corrected chi connectivity index (χ1v) is 5.78. The molecular formula is C14H13N3O. The van der Waals surface area contributed by atoms with Crippen LogP contribution in [0.25, 0.3) is 22.3 Å². The number of H-pyrrole nitrogens is 1. The first-order chi connectivity index (χ1) is 8.66. The van der Waals surface area contributed by atoms with Gasteiger partial charge in [-0.3, -0.25) is 0 Å². The second-order valence-corrected chi connectivity index (χ2v) is 4.38. The highest BCUT2D eigenvalue weighted by molar-refractivity contribution is 5.84. The number of phenols is 1. The Morgan fingerprint density at radius 2 is 1.89 bits per heavy atom. The lowest BCUT2D eigenvalue weighted by molar-refractivity contribution is 0.477. The fourth-order valence-corrected chi connectivity index (χ4v) is 2.07. The molecule has 2 aromatic heterocycles. The number of phenolic OH excluding ortho intramolecular Hbond substituents is 1. The summed E-state index contributed by atoms with van der Waals surface area (Å²) in [4.78, 5) is 3.18. The van der Waals surface area contributed by atoms with Crippen LogP contribution in [0, 0.1) is 13.8 Å². The smallest absolute Gasteiger partial charge is 0.160 e. The van der Waals surface area contributed by atoms with Crippen molar-refractivity contribution < 1.29 is 5.11 Å². The predicted molar refractivity (Wildman–Crippen MR) is 70.5 cm³/mol. The van der Waals surface area contributed by atoms with Crippen LogP contribution in [0.1, 0.15) is 11.3 Å². The molecule has 0 unspecified atom stereocenters. The fourth-order valence-electron chi connectivity index (χ4n) is 2.07. The minimum Gasteiger partial charge on any atom is -0.507 e. The Balaban J connectivity index is 2.25. The third-order valence-electron chi connectivity index (χ3n) is 3.25. The molecule has 4 heteroatoms. The molecular weight excluding hydrogens is 226 g/mol. The van der Waals surface area contributed by atoms with E-state index in [0.29, 0.717) is 11.3 Å². The molecule has 0 saturated carbocycles. The molecule has 0 spiro atoms. The number of aromatic nitrogens is 3. The average molecular weight is 239 g/mol. The predicted octanol–water partition coefficient (Wildman–Crippen LogP) is 2.95. The largest absolute Gasteiger partial charge is 0.507 e. The van der Waals surface area contributed by atoms with Gasteiger partial charge in [0.05, 0.1) is 5.69 Å². The van der Waals surface area contributed by atoms with Crippen LogP contribution in [0.2, 0.25) is 0 Å². The summed E-state index contributed by atoms with van der Waals surface area (Å²) in [6, 6.07) is 9.10. The fraction of sp³-hybridized carbons (Fsp3) is 0.143. The van der Waals surface area contributed by atoms with E-state index in [1.54, 1.807) is 12.1 Å². The van der Waals surface area contributed by atoms with Crippen molar-refractivity contribution in [2.45, 2.75) is 13.8 Å². The van der Waals surface area contributed by atoms with Gasteiger partial charge >= 0.3 is 0 Å². The summed E-state index contributed by atoms with van der Waals surface area (Å²) in [6.45, 7) is 4.06. The monoisotopic (exact) mass is 239 g/mol. The summed E-state index contributed by atoms with van der Waals surface area (Å²) < 4.78 is 0. The standard InChI is InChI=1S/C14H13N3O/c1-8-9(2)15-14-11(8)7-12(16-17-14)10-5-3-4-6-13(10)18/h3-7,18H,1-2H3,(H,15,17). The van der Waals surface area contributed by atoms with Crippen molar-refractivity contribution in [3.05, 3.63) is 41.6 Å². The molecule has 4 nitrogen and oxygen atoms in total. The summed E-state index contributed by atoms with van der Waals surface area (Å²) in [6.07, 6.45) is 0. The Morgan fingerprint density at radius 1 is 1.11 bits per heavy atom. The Bertz CT molecular complexity index is 731. The molecule has 0 radical (unpaired) electrons. The van der Waals surface area contributed by atoms with Gasteiger partial charge in [-0.25, -0.2) is 0 Å². The molecule has 1 aromatic carbocycles. The molecule has 18 heavy (non-hydrogen) atoms. The summed E-state index contributed by atoms with van der Waals surface area (Å²) in [7, 11) is 0. The van der Waals surface area contributed by atoms with Crippen LogP contribution in [0.3, 0.4) is 0 Å². The van der Waals surface area contributed by atoms with Crippen molar-refractivity contribution in [2.75, 3.05) is 0 Å². The number of benzene rings is 1. The minimum absolute atomic E-state index is 0.219. The van der Waals surface area contributed by atoms with E-state index >= 15 is 0 Å². The Kier molecular flexibility index (Phi) is 2.30. The van der Waals surface area contributed by atoms with Crippen molar-refractivity contribution in [3.63, 3.8) is 0 Å². The van der Waals surface area contributed by atoms with Gasteiger partial charge in [-0.2, -0.15) is 0 Å². The number of aryl methyl sites for hydroxylation is 2. The van der Waals surface area contributed by atoms with Gasteiger partial charge in [-0.05, 0) is 37.6 Å². The van der Waals surface area contributed by atoms with Crippen LogP contribution < -0.4 is 0 Å². The summed E-state index contributed by atoms with van der Waals surface area (Å²) in [5, 5.41) is 19.2. The van der Waals surface area contributed by atoms with Gasteiger partial charge in [0, 0.05) is 16.6 Å². The Labute approximate surface area is 104 Å². The summed E-state index contributed by atoms with van der Waals surface area (Å²) >= 11 is 0. The molecule has 0 saturated heterocycles. The molecule has 3 aromatic rings. The van der Waals surface area contributed by atoms with E-state index < -0.39 is 0 Å². The highest BCUT2D eigenvalue weighted by Gasteiger charge is 2.10. The van der Waals surface area contributed by atoms with Gasteiger partial charge in [0.2, 0.25) is 0 Å². The number of aromatic amines is 1. The van der Waals surface area contributed by atoms with Gasteiger partial charge in [-0.15, -0.1) is 10.2 Å². The van der Waals surface area contributed by atoms with E-state index in [2.05, 4.69) is 15.2 Å². The summed E-state index contributed by atoms with van der Waals surface area (Å²) in [5.74, 6) is 0.219. The second kappa shape index (κ2) is 3.84. The Morgan fingerprint density at radius 3 is 2.67 bits per heavy atom. The van der Waals surface area contributed by atoms with E-state index in [9.17, 15) is 5.11 Å². The van der Waals surface area contributed by atoms with Crippen molar-refractivity contribution in [3.8, 4) is 17.0 Å². The molecule has 0 aliphatic heterocycles. The first-order valence-electron chi connectivity index (χ1n) is 5.78. The van der Waals surface area contributed by atoms with Crippen LogP contribution >= 0.6 is 0 Å². The van der Waals surface area contributed by atoms with Crippen LogP contribution in [0.5, 0.6) is 5.75 Å². The number of para-hydroxylation sites is 1. The number of nitrogens with zero attached hydrogens (tertiary/aromatic N) is 2. The van der Waals surface area contributed by atoms with Crippen LogP contribution in [0.15, 0.2) is 30.3 Å². The Hall–Kier alpha value is -2.36. The van der Waals surface area contributed by atoms with E-state index in [1.807, 2.05) is 32.0 Å². The van der Waals surface area contributed by atoms with Gasteiger partial charge in [0.1, 0.15) is 5.75 Å². The van der Waals surface area contributed by atoms with E-state index in [0.717, 1.165) is 22.3 Å². The normalized spacial score (nSPS) is 11.0. The average Bonchev–Trinajstić information content (AvgIpc) is 2.66. The van der Waals surface area contributed by atoms with Crippen LogP contribution in [0.4, 0.5) is 0 Å². The number of hydrogen-bond acceptors (Lipinski definition) is 3. The SMILES string of the molecule is Cc1[nH]c2nnc(-c3ccccc3O)cc2c1C. The number of fused-ring (bicyclic) bond motifs is 1. The first kappa shape index (κ1) is 10.8. The molecule has 0 fully saturated rings. The number of nitrogens with one attached hydrogen (secondary N) is 1. The van der Waals surface area contributed by atoms with Gasteiger partial charge < -0.3 is 10.1 Å². The zero-order chi connectivity index (χ0) is 12.7. The molecule has 3 rings (SSSR count). The lowest BCUT2D eigenvalue weighted by atomic mass is 10.1. The molecule has 2 N–H and O–H groups in total. The van der Waals surface area contributed by atoms with E-state index in [4.69, 9.17) is 0 Å². The zero-order valence-corrected chi connectivity index (χ0v) is 10.2. The highest BCUT2D eigenvalue weighted by Crippen LogP contribution is 2.29. The third kappa shape index (κ3) is 1.54. The third-order valence-corrected chi connectivity index (χ3v) is 3.25. The maximum Gasteiger partial charge on any atom is 0.160 e. The van der Waals surface area contributed by atoms with Crippen molar-refractivity contribution in [1.29, 1.82) is 0 Å². The number of hydrogen-bond donors (Lipinski definition) is 2. The van der Waals surface area contributed by atoms with E-state index in [1.165, 1.54) is 0 Å². The van der Waals surface area contributed by atoms with Gasteiger partial charge in [-0.1, -0.05) is 12.1 Å². The lowest BCUT2D eigenvalue weighted by Crippen LogP contribution is -1.88. The van der Waals surface area contributed by atoms with Crippen LogP contribution in [-0.2, 0) is 0 Å². The minimum atomic E-state index is 0.219.